The third-order valence-electron chi connectivity index (χ3n) is 3.36. The fourth-order valence-corrected chi connectivity index (χ4v) is 2.30. The summed E-state index contributed by atoms with van der Waals surface area (Å²) in [6, 6.07) is 1.50. The van der Waals surface area contributed by atoms with Crippen molar-refractivity contribution in [2.75, 3.05) is 31.1 Å². The number of carboxylic acids is 1. The molecule has 1 aromatic rings. The molecule has 2 rings (SSSR count). The highest BCUT2D eigenvalue weighted by Gasteiger charge is 2.28. The summed E-state index contributed by atoms with van der Waals surface area (Å²) in [7, 11) is 0. The highest BCUT2D eigenvalue weighted by Crippen LogP contribution is 2.20. The van der Waals surface area contributed by atoms with Gasteiger partial charge in [-0.15, -0.1) is 5.10 Å². The lowest BCUT2D eigenvalue weighted by molar-refractivity contribution is 0.0239. The van der Waals surface area contributed by atoms with E-state index in [1.165, 1.54) is 12.5 Å². The van der Waals surface area contributed by atoms with E-state index in [2.05, 4.69) is 24.0 Å². The maximum Gasteiger partial charge on any atom is 0.410 e. The largest absolute Gasteiger partial charge is 0.478 e. The summed E-state index contributed by atoms with van der Waals surface area (Å²) >= 11 is 0. The number of rotatable bonds is 2. The minimum absolute atomic E-state index is 0.128. The molecule has 8 nitrogen and oxygen atoms in total. The number of aryl methyl sites for hydroxylation is 1. The molecule has 1 aromatic heterocycles. The molecule has 174 valence electrons. The highest BCUT2D eigenvalue weighted by molar-refractivity contribution is 5.93. The standard InChI is InChI=1S/C15H22N4O4.C3H8.2C2H6/c1-10-9-11(13(20)21)12(17-16-10)18-5-7-19(8-6-18)14(22)23-15(2,3)4;1-3-2;2*1-2/h9H,5-8H2,1-4H3,(H,20,21);3H2,1-2H3;2*1-2H3. The number of amides is 1. The van der Waals surface area contributed by atoms with Gasteiger partial charge >= 0.3 is 12.1 Å². The van der Waals surface area contributed by atoms with Crippen molar-refractivity contribution < 1.29 is 19.4 Å². The van der Waals surface area contributed by atoms with E-state index in [0.717, 1.165) is 0 Å². The quantitative estimate of drug-likeness (QED) is 0.710. The zero-order valence-corrected chi connectivity index (χ0v) is 20.6. The maximum atomic E-state index is 12.0. The molecule has 0 spiro atoms. The SMILES string of the molecule is CC.CC.CCC.Cc1cc(C(=O)O)c(N2CCN(C(=O)OC(C)(C)C)CC2)nn1. The van der Waals surface area contributed by atoms with Crippen LogP contribution in [0, 0.1) is 6.92 Å². The van der Waals surface area contributed by atoms with Crippen molar-refractivity contribution in [1.82, 2.24) is 15.1 Å². The molecule has 1 fully saturated rings. The van der Waals surface area contributed by atoms with E-state index in [1.807, 2.05) is 53.4 Å². The van der Waals surface area contributed by atoms with Crippen LogP contribution in [0.2, 0.25) is 0 Å². The molecule has 30 heavy (non-hydrogen) atoms. The number of nitrogens with zero attached hydrogens (tertiary/aromatic N) is 4. The Balaban J connectivity index is 0. The first-order valence-corrected chi connectivity index (χ1v) is 10.9. The van der Waals surface area contributed by atoms with Crippen molar-refractivity contribution in [2.24, 2.45) is 0 Å². The lowest BCUT2D eigenvalue weighted by atomic mass is 10.2. The summed E-state index contributed by atoms with van der Waals surface area (Å²) < 4.78 is 5.34. The van der Waals surface area contributed by atoms with Crippen molar-refractivity contribution in [3.8, 4) is 0 Å². The molecule has 0 aromatic carbocycles. The number of carbonyl (C=O) groups excluding carboxylic acids is 1. The molecule has 1 aliphatic heterocycles. The third-order valence-corrected chi connectivity index (χ3v) is 3.36. The molecular weight excluding hydrogens is 384 g/mol. The van der Waals surface area contributed by atoms with Crippen LogP contribution < -0.4 is 4.90 Å². The zero-order chi connectivity index (χ0) is 23.9. The molecule has 0 unspecified atom stereocenters. The second-order valence-electron chi connectivity index (χ2n) is 7.19. The smallest absolute Gasteiger partial charge is 0.410 e. The van der Waals surface area contributed by atoms with Crippen LogP contribution in [-0.4, -0.2) is 64.0 Å². The fourth-order valence-electron chi connectivity index (χ4n) is 2.30. The highest BCUT2D eigenvalue weighted by atomic mass is 16.6. The summed E-state index contributed by atoms with van der Waals surface area (Å²) in [5.74, 6) is -0.695. The van der Waals surface area contributed by atoms with Gasteiger partial charge in [0, 0.05) is 26.2 Å². The van der Waals surface area contributed by atoms with E-state index < -0.39 is 11.6 Å². The predicted molar refractivity (Wildman–Crippen MR) is 122 cm³/mol. The Hall–Kier alpha value is -2.38. The zero-order valence-electron chi connectivity index (χ0n) is 20.6. The Morgan fingerprint density at radius 2 is 1.50 bits per heavy atom. The summed E-state index contributed by atoms with van der Waals surface area (Å²) in [6.07, 6.45) is 0.894. The van der Waals surface area contributed by atoms with Crippen molar-refractivity contribution in [3.63, 3.8) is 0 Å². The molecule has 1 aliphatic rings. The van der Waals surface area contributed by atoms with Crippen LogP contribution >= 0.6 is 0 Å². The Bertz CT molecular complexity index is 622. The third kappa shape index (κ3) is 11.0. The fraction of sp³-hybridized carbons (Fsp3) is 0.727. The number of ether oxygens (including phenoxy) is 1. The molecule has 0 radical (unpaired) electrons. The molecule has 8 heteroatoms. The van der Waals surface area contributed by atoms with Crippen LogP contribution in [0.3, 0.4) is 0 Å². The van der Waals surface area contributed by atoms with Gasteiger partial charge in [0.05, 0.1) is 5.69 Å². The average Bonchev–Trinajstić information content (AvgIpc) is 2.70. The topological polar surface area (TPSA) is 95.9 Å². The second-order valence-corrected chi connectivity index (χ2v) is 7.19. The Morgan fingerprint density at radius 1 is 1.03 bits per heavy atom. The van der Waals surface area contributed by atoms with Gasteiger partial charge in [0.15, 0.2) is 5.82 Å². The number of piperazine rings is 1. The monoisotopic (exact) mass is 426 g/mol. The van der Waals surface area contributed by atoms with E-state index in [-0.39, 0.29) is 11.7 Å². The summed E-state index contributed by atoms with van der Waals surface area (Å²) in [4.78, 5) is 26.9. The Kier molecular flexibility index (Phi) is 15.4. The van der Waals surface area contributed by atoms with Crippen LogP contribution in [0.1, 0.15) is 84.8 Å². The van der Waals surface area contributed by atoms with E-state index in [1.54, 1.807) is 11.8 Å². The summed E-state index contributed by atoms with van der Waals surface area (Å²) in [5.41, 5.74) is 0.148. The van der Waals surface area contributed by atoms with Gasteiger partial charge in [-0.05, 0) is 33.8 Å². The van der Waals surface area contributed by atoms with Crippen molar-refractivity contribution in [2.45, 2.75) is 81.3 Å². The normalized spacial score (nSPS) is 12.9. The van der Waals surface area contributed by atoms with Gasteiger partial charge in [-0.2, -0.15) is 5.10 Å². The minimum atomic E-state index is -1.03. The number of aromatic carboxylic acids is 1. The molecule has 0 bridgehead atoms. The minimum Gasteiger partial charge on any atom is -0.478 e. The van der Waals surface area contributed by atoms with Gasteiger partial charge in [0.1, 0.15) is 11.2 Å². The first-order chi connectivity index (χ1) is 14.1. The van der Waals surface area contributed by atoms with Gasteiger partial charge in [-0.1, -0.05) is 48.0 Å². The van der Waals surface area contributed by atoms with Crippen molar-refractivity contribution in [3.05, 3.63) is 17.3 Å². The lowest BCUT2D eigenvalue weighted by Gasteiger charge is -2.36. The van der Waals surface area contributed by atoms with Crippen LogP contribution in [-0.2, 0) is 4.74 Å². The maximum absolute atomic E-state index is 12.0. The average molecular weight is 427 g/mol. The van der Waals surface area contributed by atoms with Gasteiger partial charge < -0.3 is 19.6 Å². The lowest BCUT2D eigenvalue weighted by Crippen LogP contribution is -2.50. The first kappa shape index (κ1) is 29.8. The Morgan fingerprint density at radius 3 is 1.90 bits per heavy atom. The van der Waals surface area contributed by atoms with Crippen LogP contribution in [0.4, 0.5) is 10.6 Å². The summed E-state index contributed by atoms with van der Waals surface area (Å²) in [5, 5.41) is 17.3. The molecule has 0 saturated carbocycles. The summed E-state index contributed by atoms with van der Waals surface area (Å²) in [6.45, 7) is 21.3. The molecule has 1 amide bonds. The number of aromatic nitrogens is 2. The molecule has 0 atom stereocenters. The van der Waals surface area contributed by atoms with Crippen LogP contribution in [0.5, 0.6) is 0 Å². The number of hydrogen-bond donors (Lipinski definition) is 1. The molecule has 1 N–H and O–H groups in total. The first-order valence-electron chi connectivity index (χ1n) is 10.9. The van der Waals surface area contributed by atoms with E-state index in [9.17, 15) is 14.7 Å². The van der Waals surface area contributed by atoms with E-state index in [0.29, 0.717) is 37.7 Å². The Labute approximate surface area is 182 Å². The molecule has 0 aliphatic carbocycles. The van der Waals surface area contributed by atoms with Gasteiger partial charge in [-0.3, -0.25) is 0 Å². The molecular formula is C22H42N4O4. The number of carboxylic acid groups (broad SMARTS) is 1. The molecule has 1 saturated heterocycles. The van der Waals surface area contributed by atoms with Crippen LogP contribution in [0.15, 0.2) is 6.07 Å². The molecule has 2 heterocycles. The second kappa shape index (κ2) is 15.5. The number of carbonyl (C=O) groups is 2. The van der Waals surface area contributed by atoms with Crippen molar-refractivity contribution in [1.29, 1.82) is 0 Å². The van der Waals surface area contributed by atoms with Crippen LogP contribution in [0.25, 0.3) is 0 Å². The number of hydrogen-bond acceptors (Lipinski definition) is 6. The number of anilines is 1. The van der Waals surface area contributed by atoms with Crippen molar-refractivity contribution >= 4 is 17.9 Å². The van der Waals surface area contributed by atoms with E-state index in [4.69, 9.17) is 4.74 Å². The van der Waals surface area contributed by atoms with Gasteiger partial charge in [0.2, 0.25) is 0 Å². The predicted octanol–water partition coefficient (Wildman–Crippen LogP) is 5.01. The van der Waals surface area contributed by atoms with Gasteiger partial charge in [-0.25, -0.2) is 9.59 Å². The van der Waals surface area contributed by atoms with E-state index >= 15 is 0 Å². The van der Waals surface area contributed by atoms with Gasteiger partial charge in [0.25, 0.3) is 0 Å².